The maximum absolute atomic E-state index is 13.7. The number of nitrogens with zero attached hydrogens (tertiary/aromatic N) is 1. The Balaban J connectivity index is 1.85. The van der Waals surface area contributed by atoms with Crippen LogP contribution in [0.5, 0.6) is 5.75 Å². The number of piperidine rings is 1. The lowest BCUT2D eigenvalue weighted by molar-refractivity contribution is -0.119. The standard InChI is InChI=1S/C19H18F2N2O3/c1-26-16-11-12(8-9-15(16)23-10-3-2-7-17(23)24)22-19(25)18-13(20)5-4-6-14(18)21/h4-6,8-9,11H,2-3,7,10H2,1H3,(H,22,25). The third kappa shape index (κ3) is 3.51. The quantitative estimate of drug-likeness (QED) is 0.904. The molecule has 0 unspecified atom stereocenters. The van der Waals surface area contributed by atoms with Crippen molar-refractivity contribution in [2.24, 2.45) is 0 Å². The van der Waals surface area contributed by atoms with E-state index in [-0.39, 0.29) is 5.91 Å². The Labute approximate surface area is 149 Å². The number of amides is 2. The van der Waals surface area contributed by atoms with Crippen LogP contribution in [-0.2, 0) is 4.79 Å². The second kappa shape index (κ2) is 7.51. The molecule has 2 amide bonds. The Morgan fingerprint density at radius 2 is 1.88 bits per heavy atom. The predicted octanol–water partition coefficient (Wildman–Crippen LogP) is 3.74. The van der Waals surface area contributed by atoms with E-state index >= 15 is 0 Å². The minimum absolute atomic E-state index is 0.0137. The molecule has 2 aromatic carbocycles. The van der Waals surface area contributed by atoms with Crippen LogP contribution >= 0.6 is 0 Å². The first-order valence-electron chi connectivity index (χ1n) is 8.25. The van der Waals surface area contributed by atoms with E-state index < -0.39 is 23.1 Å². The van der Waals surface area contributed by atoms with Crippen LogP contribution in [0.4, 0.5) is 20.2 Å². The van der Waals surface area contributed by atoms with Crippen LogP contribution in [-0.4, -0.2) is 25.5 Å². The molecular weight excluding hydrogens is 342 g/mol. The Morgan fingerprint density at radius 3 is 2.54 bits per heavy atom. The Hall–Kier alpha value is -2.96. The molecule has 0 saturated carbocycles. The van der Waals surface area contributed by atoms with Gasteiger partial charge in [0.1, 0.15) is 22.9 Å². The molecule has 0 radical (unpaired) electrons. The van der Waals surface area contributed by atoms with Gasteiger partial charge in [0, 0.05) is 24.7 Å². The minimum atomic E-state index is -0.940. The third-order valence-corrected chi connectivity index (χ3v) is 4.24. The molecule has 5 nitrogen and oxygen atoms in total. The van der Waals surface area contributed by atoms with Crippen LogP contribution in [0.1, 0.15) is 29.6 Å². The highest BCUT2D eigenvalue weighted by Gasteiger charge is 2.23. The molecule has 1 fully saturated rings. The van der Waals surface area contributed by atoms with Crippen LogP contribution in [0.15, 0.2) is 36.4 Å². The molecule has 0 spiro atoms. The molecule has 7 heteroatoms. The summed E-state index contributed by atoms with van der Waals surface area (Å²) in [7, 11) is 1.45. The van der Waals surface area contributed by atoms with Crippen LogP contribution in [0.25, 0.3) is 0 Å². The first-order chi connectivity index (χ1) is 12.5. The normalized spacial score (nSPS) is 14.3. The van der Waals surface area contributed by atoms with Crippen LogP contribution in [0.2, 0.25) is 0 Å². The maximum atomic E-state index is 13.7. The third-order valence-electron chi connectivity index (χ3n) is 4.24. The zero-order chi connectivity index (χ0) is 18.7. The highest BCUT2D eigenvalue weighted by atomic mass is 19.1. The zero-order valence-electron chi connectivity index (χ0n) is 14.2. The molecule has 1 heterocycles. The highest BCUT2D eigenvalue weighted by Crippen LogP contribution is 2.33. The SMILES string of the molecule is COc1cc(NC(=O)c2c(F)cccc2F)ccc1N1CCCCC1=O. The molecule has 0 bridgehead atoms. The summed E-state index contributed by atoms with van der Waals surface area (Å²) in [5.41, 5.74) is 0.261. The summed E-state index contributed by atoms with van der Waals surface area (Å²) in [6.45, 7) is 0.599. The Kier molecular flexibility index (Phi) is 5.16. The van der Waals surface area contributed by atoms with Crippen molar-refractivity contribution < 1.29 is 23.1 Å². The molecule has 0 aliphatic carbocycles. The van der Waals surface area contributed by atoms with Gasteiger partial charge in [-0.15, -0.1) is 0 Å². The number of methoxy groups -OCH3 is 1. The van der Waals surface area contributed by atoms with Crippen LogP contribution in [0.3, 0.4) is 0 Å². The average Bonchev–Trinajstić information content (AvgIpc) is 2.62. The number of carbonyl (C=O) groups is 2. The van der Waals surface area contributed by atoms with Crippen molar-refractivity contribution in [3.63, 3.8) is 0 Å². The molecule has 26 heavy (non-hydrogen) atoms. The summed E-state index contributed by atoms with van der Waals surface area (Å²) in [5.74, 6) is -2.37. The molecule has 0 atom stereocenters. The second-order valence-corrected chi connectivity index (χ2v) is 5.94. The number of anilines is 2. The molecule has 0 aromatic heterocycles. The van der Waals surface area contributed by atoms with E-state index in [9.17, 15) is 18.4 Å². The molecule has 1 N–H and O–H groups in total. The average molecular weight is 360 g/mol. The van der Waals surface area contributed by atoms with Gasteiger partial charge in [-0.05, 0) is 37.1 Å². The Morgan fingerprint density at radius 1 is 1.15 bits per heavy atom. The second-order valence-electron chi connectivity index (χ2n) is 5.94. The van der Waals surface area contributed by atoms with E-state index in [1.807, 2.05) is 0 Å². The van der Waals surface area contributed by atoms with Gasteiger partial charge in [0.25, 0.3) is 5.91 Å². The van der Waals surface area contributed by atoms with Gasteiger partial charge in [0.05, 0.1) is 12.8 Å². The van der Waals surface area contributed by atoms with Gasteiger partial charge >= 0.3 is 0 Å². The number of nitrogens with one attached hydrogen (secondary N) is 1. The van der Waals surface area contributed by atoms with Gasteiger partial charge in [0.15, 0.2) is 0 Å². The van der Waals surface area contributed by atoms with Gasteiger partial charge in [-0.1, -0.05) is 6.07 Å². The predicted molar refractivity (Wildman–Crippen MR) is 93.5 cm³/mol. The fourth-order valence-corrected chi connectivity index (χ4v) is 2.95. The molecule has 1 aliphatic heterocycles. The first kappa shape index (κ1) is 17.8. The molecule has 3 rings (SSSR count). The lowest BCUT2D eigenvalue weighted by atomic mass is 10.1. The fraction of sp³-hybridized carbons (Fsp3) is 0.263. The number of hydrogen-bond acceptors (Lipinski definition) is 3. The summed E-state index contributed by atoms with van der Waals surface area (Å²) in [5, 5.41) is 2.45. The van der Waals surface area contributed by atoms with Crippen molar-refractivity contribution >= 4 is 23.2 Å². The van der Waals surface area contributed by atoms with Gasteiger partial charge in [-0.2, -0.15) is 0 Å². The van der Waals surface area contributed by atoms with Gasteiger partial charge in [0.2, 0.25) is 5.91 Å². The van der Waals surface area contributed by atoms with Crippen molar-refractivity contribution in [1.82, 2.24) is 0 Å². The fourth-order valence-electron chi connectivity index (χ4n) is 2.95. The summed E-state index contributed by atoms with van der Waals surface area (Å²) in [6.07, 6.45) is 2.24. The summed E-state index contributed by atoms with van der Waals surface area (Å²) in [4.78, 5) is 25.9. The van der Waals surface area contributed by atoms with Crippen molar-refractivity contribution in [2.75, 3.05) is 23.9 Å². The van der Waals surface area contributed by atoms with Crippen molar-refractivity contribution in [2.45, 2.75) is 19.3 Å². The van der Waals surface area contributed by atoms with E-state index in [1.165, 1.54) is 19.2 Å². The maximum Gasteiger partial charge on any atom is 0.261 e. The number of rotatable bonds is 4. The van der Waals surface area contributed by atoms with Crippen LogP contribution in [0, 0.1) is 11.6 Å². The number of ether oxygens (including phenoxy) is 1. The van der Waals surface area contributed by atoms with Gasteiger partial charge in [-0.25, -0.2) is 8.78 Å². The van der Waals surface area contributed by atoms with Crippen molar-refractivity contribution in [3.05, 3.63) is 53.6 Å². The van der Waals surface area contributed by atoms with E-state index in [0.717, 1.165) is 25.0 Å². The summed E-state index contributed by atoms with van der Waals surface area (Å²) >= 11 is 0. The first-order valence-corrected chi connectivity index (χ1v) is 8.25. The van der Waals surface area contributed by atoms with Gasteiger partial charge < -0.3 is 15.0 Å². The van der Waals surface area contributed by atoms with E-state index in [1.54, 1.807) is 17.0 Å². The van der Waals surface area contributed by atoms with Gasteiger partial charge in [-0.3, -0.25) is 9.59 Å². The van der Waals surface area contributed by atoms with Crippen molar-refractivity contribution in [3.8, 4) is 5.75 Å². The molecule has 1 aliphatic rings. The number of carbonyl (C=O) groups excluding carboxylic acids is 2. The highest BCUT2D eigenvalue weighted by molar-refractivity contribution is 6.05. The van der Waals surface area contributed by atoms with Crippen LogP contribution < -0.4 is 15.0 Å². The molecule has 1 saturated heterocycles. The van der Waals surface area contributed by atoms with E-state index in [2.05, 4.69) is 5.32 Å². The molecular formula is C19H18F2N2O3. The summed E-state index contributed by atoms with van der Waals surface area (Å²) < 4.78 is 32.8. The van der Waals surface area contributed by atoms with E-state index in [0.29, 0.717) is 30.1 Å². The summed E-state index contributed by atoms with van der Waals surface area (Å²) in [6, 6.07) is 7.96. The number of benzene rings is 2. The number of hydrogen-bond donors (Lipinski definition) is 1. The van der Waals surface area contributed by atoms with Crippen molar-refractivity contribution in [1.29, 1.82) is 0 Å². The zero-order valence-corrected chi connectivity index (χ0v) is 14.2. The monoisotopic (exact) mass is 360 g/mol. The van der Waals surface area contributed by atoms with E-state index in [4.69, 9.17) is 4.74 Å². The molecule has 2 aromatic rings. The topological polar surface area (TPSA) is 58.6 Å². The Bertz CT molecular complexity index is 834. The number of halogens is 2. The lowest BCUT2D eigenvalue weighted by Gasteiger charge is -2.28. The minimum Gasteiger partial charge on any atom is -0.494 e. The lowest BCUT2D eigenvalue weighted by Crippen LogP contribution is -2.35. The molecule has 136 valence electrons. The largest absolute Gasteiger partial charge is 0.494 e. The smallest absolute Gasteiger partial charge is 0.261 e.